The van der Waals surface area contributed by atoms with E-state index < -0.39 is 11.7 Å². The first-order valence-corrected chi connectivity index (χ1v) is 5.73. The molecule has 2 N–H and O–H groups in total. The third-order valence-corrected chi connectivity index (χ3v) is 2.84. The molecule has 1 aromatic rings. The van der Waals surface area contributed by atoms with Crippen molar-refractivity contribution >= 4 is 5.69 Å². The predicted molar refractivity (Wildman–Crippen MR) is 60.7 cm³/mol. The van der Waals surface area contributed by atoms with Gasteiger partial charge < -0.3 is 5.32 Å². The van der Waals surface area contributed by atoms with Gasteiger partial charge in [0.2, 0.25) is 0 Å². The number of alkyl halides is 3. The maximum Gasteiger partial charge on any atom is 0.416 e. The molecule has 1 aliphatic rings. The summed E-state index contributed by atoms with van der Waals surface area (Å²) in [6.45, 7) is 0.913. The number of piperidine rings is 1. The Morgan fingerprint density at radius 2 is 2.06 bits per heavy atom. The maximum atomic E-state index is 12.5. The molecular formula is C12H15F3N2. The van der Waals surface area contributed by atoms with Gasteiger partial charge in [-0.2, -0.15) is 13.2 Å². The van der Waals surface area contributed by atoms with Crippen LogP contribution < -0.4 is 10.6 Å². The van der Waals surface area contributed by atoms with E-state index in [1.165, 1.54) is 6.07 Å². The lowest BCUT2D eigenvalue weighted by molar-refractivity contribution is -0.137. The fourth-order valence-electron chi connectivity index (χ4n) is 1.96. The Balaban J connectivity index is 2.05. The Bertz CT molecular complexity index is 370. The molecule has 1 aromatic carbocycles. The van der Waals surface area contributed by atoms with Gasteiger partial charge in [-0.15, -0.1) is 0 Å². The van der Waals surface area contributed by atoms with Crippen molar-refractivity contribution in [2.24, 2.45) is 0 Å². The van der Waals surface area contributed by atoms with Gasteiger partial charge in [-0.1, -0.05) is 6.07 Å². The lowest BCUT2D eigenvalue weighted by Crippen LogP contribution is -2.39. The van der Waals surface area contributed by atoms with Crippen LogP contribution in [0, 0.1) is 0 Å². The van der Waals surface area contributed by atoms with Crippen LogP contribution in [0.1, 0.15) is 24.8 Å². The number of hydrogen-bond acceptors (Lipinski definition) is 2. The summed E-state index contributed by atoms with van der Waals surface area (Å²) in [7, 11) is 0. The number of anilines is 1. The fraction of sp³-hybridized carbons (Fsp3) is 0.500. The Morgan fingerprint density at radius 1 is 1.24 bits per heavy atom. The van der Waals surface area contributed by atoms with E-state index in [2.05, 4.69) is 10.6 Å². The molecule has 1 heterocycles. The van der Waals surface area contributed by atoms with Crippen molar-refractivity contribution in [1.29, 1.82) is 0 Å². The highest BCUT2D eigenvalue weighted by atomic mass is 19.4. The molecule has 0 aromatic heterocycles. The molecule has 0 amide bonds. The average Bonchev–Trinajstić information content (AvgIpc) is 2.29. The second kappa shape index (κ2) is 4.96. The highest BCUT2D eigenvalue weighted by molar-refractivity contribution is 5.47. The minimum atomic E-state index is -4.28. The summed E-state index contributed by atoms with van der Waals surface area (Å²) in [6.07, 6.45) is -1.04. The minimum Gasteiger partial charge on any atom is -0.370 e. The summed E-state index contributed by atoms with van der Waals surface area (Å²) in [4.78, 5) is 0. The Labute approximate surface area is 98.2 Å². The monoisotopic (exact) mass is 244 g/mol. The van der Waals surface area contributed by atoms with Crippen LogP contribution >= 0.6 is 0 Å². The van der Waals surface area contributed by atoms with E-state index in [9.17, 15) is 13.2 Å². The van der Waals surface area contributed by atoms with Crippen LogP contribution in [0.15, 0.2) is 24.3 Å². The Morgan fingerprint density at radius 3 is 2.71 bits per heavy atom. The van der Waals surface area contributed by atoms with E-state index in [0.29, 0.717) is 5.69 Å². The van der Waals surface area contributed by atoms with Crippen LogP contribution in [-0.2, 0) is 6.18 Å². The van der Waals surface area contributed by atoms with Crippen LogP contribution in [0.25, 0.3) is 0 Å². The van der Waals surface area contributed by atoms with E-state index in [-0.39, 0.29) is 6.17 Å². The van der Waals surface area contributed by atoms with Gasteiger partial charge in [-0.3, -0.25) is 5.32 Å². The van der Waals surface area contributed by atoms with Gasteiger partial charge >= 0.3 is 6.18 Å². The van der Waals surface area contributed by atoms with E-state index in [4.69, 9.17) is 0 Å². The molecule has 1 unspecified atom stereocenters. The average molecular weight is 244 g/mol. The predicted octanol–water partition coefficient (Wildman–Crippen LogP) is 3.22. The first-order chi connectivity index (χ1) is 8.05. The smallest absolute Gasteiger partial charge is 0.370 e. The molecule has 0 aliphatic carbocycles. The van der Waals surface area contributed by atoms with Crippen LogP contribution in [0.4, 0.5) is 18.9 Å². The van der Waals surface area contributed by atoms with Crippen LogP contribution in [0.2, 0.25) is 0 Å². The van der Waals surface area contributed by atoms with E-state index >= 15 is 0 Å². The van der Waals surface area contributed by atoms with E-state index in [1.807, 2.05) is 0 Å². The second-order valence-corrected chi connectivity index (χ2v) is 4.23. The molecule has 0 spiro atoms. The standard InChI is InChI=1S/C12H15F3N2/c13-12(14,15)9-4-3-5-10(8-9)17-11-6-1-2-7-16-11/h3-5,8,11,16-17H,1-2,6-7H2. The zero-order valence-electron chi connectivity index (χ0n) is 9.35. The van der Waals surface area contributed by atoms with Crippen molar-refractivity contribution in [3.8, 4) is 0 Å². The van der Waals surface area contributed by atoms with E-state index in [1.54, 1.807) is 6.07 Å². The minimum absolute atomic E-state index is 0.0761. The summed E-state index contributed by atoms with van der Waals surface area (Å²) >= 11 is 0. The van der Waals surface area contributed by atoms with Crippen molar-refractivity contribution in [2.75, 3.05) is 11.9 Å². The molecule has 0 saturated carbocycles. The first-order valence-electron chi connectivity index (χ1n) is 5.73. The Kier molecular flexibility index (Phi) is 3.57. The topological polar surface area (TPSA) is 24.1 Å². The molecule has 94 valence electrons. The molecule has 0 bridgehead atoms. The van der Waals surface area contributed by atoms with Crippen molar-refractivity contribution in [3.63, 3.8) is 0 Å². The lowest BCUT2D eigenvalue weighted by atomic mass is 10.1. The third-order valence-electron chi connectivity index (χ3n) is 2.84. The van der Waals surface area contributed by atoms with Gasteiger partial charge in [0, 0.05) is 5.69 Å². The fourth-order valence-corrected chi connectivity index (χ4v) is 1.96. The van der Waals surface area contributed by atoms with Gasteiger partial charge in [0.1, 0.15) is 0 Å². The quantitative estimate of drug-likeness (QED) is 0.834. The molecule has 1 saturated heterocycles. The number of hydrogen-bond donors (Lipinski definition) is 2. The highest BCUT2D eigenvalue weighted by Crippen LogP contribution is 2.30. The molecule has 17 heavy (non-hydrogen) atoms. The summed E-state index contributed by atoms with van der Waals surface area (Å²) < 4.78 is 37.5. The zero-order valence-corrected chi connectivity index (χ0v) is 9.35. The molecule has 1 fully saturated rings. The second-order valence-electron chi connectivity index (χ2n) is 4.23. The van der Waals surface area contributed by atoms with Gasteiger partial charge in [-0.25, -0.2) is 0 Å². The number of nitrogens with one attached hydrogen (secondary N) is 2. The Hall–Kier alpha value is -1.23. The number of benzene rings is 1. The van der Waals surface area contributed by atoms with Crippen LogP contribution in [0.5, 0.6) is 0 Å². The van der Waals surface area contributed by atoms with E-state index in [0.717, 1.165) is 37.9 Å². The molecule has 5 heteroatoms. The summed E-state index contributed by atoms with van der Waals surface area (Å²) in [5.74, 6) is 0. The number of rotatable bonds is 2. The van der Waals surface area contributed by atoms with Gasteiger partial charge in [0.15, 0.2) is 0 Å². The normalized spacial score (nSPS) is 21.2. The number of halogens is 3. The first kappa shape index (κ1) is 12.2. The lowest BCUT2D eigenvalue weighted by Gasteiger charge is -2.25. The summed E-state index contributed by atoms with van der Waals surface area (Å²) in [5.41, 5.74) is -0.0995. The highest BCUT2D eigenvalue weighted by Gasteiger charge is 2.30. The molecule has 0 radical (unpaired) electrons. The summed E-state index contributed by atoms with van der Waals surface area (Å²) in [6, 6.07) is 5.31. The molecule has 2 nitrogen and oxygen atoms in total. The van der Waals surface area contributed by atoms with Gasteiger partial charge in [0.05, 0.1) is 11.7 Å². The zero-order chi connectivity index (χ0) is 12.3. The largest absolute Gasteiger partial charge is 0.416 e. The maximum absolute atomic E-state index is 12.5. The van der Waals surface area contributed by atoms with Crippen LogP contribution in [0.3, 0.4) is 0 Å². The summed E-state index contributed by atoms with van der Waals surface area (Å²) in [5, 5.41) is 6.32. The van der Waals surface area contributed by atoms with Crippen molar-refractivity contribution in [1.82, 2.24) is 5.32 Å². The molecule has 1 atom stereocenters. The SMILES string of the molecule is FC(F)(F)c1cccc(NC2CCCCN2)c1. The van der Waals surface area contributed by atoms with Crippen LogP contribution in [-0.4, -0.2) is 12.7 Å². The van der Waals surface area contributed by atoms with Gasteiger partial charge in [0.25, 0.3) is 0 Å². The van der Waals surface area contributed by atoms with Crippen molar-refractivity contribution in [3.05, 3.63) is 29.8 Å². The molecule has 1 aliphatic heterocycles. The molecular weight excluding hydrogens is 229 g/mol. The van der Waals surface area contributed by atoms with Crippen molar-refractivity contribution in [2.45, 2.75) is 31.6 Å². The van der Waals surface area contributed by atoms with Crippen molar-refractivity contribution < 1.29 is 13.2 Å². The third kappa shape index (κ3) is 3.36. The molecule has 2 rings (SSSR count). The van der Waals surface area contributed by atoms with Gasteiger partial charge in [-0.05, 0) is 44.0 Å².